The van der Waals surface area contributed by atoms with Crippen LogP contribution >= 0.6 is 0 Å². The number of carboxylic acids is 1. The summed E-state index contributed by atoms with van der Waals surface area (Å²) in [4.78, 5) is 35.4. The molecular weight excluding hydrogens is 222 g/mol. The molecule has 0 unspecified atom stereocenters. The quantitative estimate of drug-likeness (QED) is 0.750. The van der Waals surface area contributed by atoms with Crippen molar-refractivity contribution in [3.8, 4) is 0 Å². The van der Waals surface area contributed by atoms with Crippen molar-refractivity contribution in [1.29, 1.82) is 0 Å². The number of rotatable bonds is 3. The first-order valence-corrected chi connectivity index (χ1v) is 6.07. The van der Waals surface area contributed by atoms with Crippen LogP contribution in [-0.2, 0) is 14.4 Å². The molecule has 1 saturated carbocycles. The van der Waals surface area contributed by atoms with Gasteiger partial charge in [0.05, 0.1) is 6.42 Å². The van der Waals surface area contributed by atoms with E-state index in [-0.39, 0.29) is 30.2 Å². The van der Waals surface area contributed by atoms with Crippen molar-refractivity contribution in [2.75, 3.05) is 6.54 Å². The molecule has 0 aromatic carbocycles. The fraction of sp³-hybridized carbons (Fsp3) is 0.750. The zero-order chi connectivity index (χ0) is 12.5. The van der Waals surface area contributed by atoms with Crippen molar-refractivity contribution >= 4 is 17.8 Å². The molecule has 1 heterocycles. The second-order valence-corrected chi connectivity index (χ2v) is 5.14. The summed E-state index contributed by atoms with van der Waals surface area (Å²) < 4.78 is 0. The molecule has 0 radical (unpaired) electrons. The molecule has 2 aliphatic rings. The van der Waals surface area contributed by atoms with Crippen LogP contribution in [0.2, 0.25) is 0 Å². The van der Waals surface area contributed by atoms with Crippen LogP contribution in [0, 0.1) is 5.41 Å². The van der Waals surface area contributed by atoms with Gasteiger partial charge in [-0.3, -0.25) is 19.3 Å². The van der Waals surface area contributed by atoms with Gasteiger partial charge < -0.3 is 5.11 Å². The second-order valence-electron chi connectivity index (χ2n) is 5.14. The van der Waals surface area contributed by atoms with Gasteiger partial charge in [0.2, 0.25) is 11.8 Å². The lowest BCUT2D eigenvalue weighted by molar-refractivity contribution is -0.153. The van der Waals surface area contributed by atoms with Gasteiger partial charge in [0, 0.05) is 19.4 Å². The Morgan fingerprint density at radius 3 is 2.18 bits per heavy atom. The molecule has 1 saturated heterocycles. The van der Waals surface area contributed by atoms with Crippen LogP contribution in [0.25, 0.3) is 0 Å². The number of piperidine rings is 1. The minimum atomic E-state index is -0.980. The molecule has 2 fully saturated rings. The number of carbonyl (C=O) groups excluding carboxylic acids is 2. The van der Waals surface area contributed by atoms with E-state index >= 15 is 0 Å². The topological polar surface area (TPSA) is 74.7 Å². The third kappa shape index (κ3) is 2.48. The van der Waals surface area contributed by atoms with Crippen LogP contribution in [0.15, 0.2) is 0 Å². The molecule has 1 aliphatic heterocycles. The number of nitrogens with zero attached hydrogens (tertiary/aromatic N) is 1. The van der Waals surface area contributed by atoms with Crippen LogP contribution in [0.5, 0.6) is 0 Å². The van der Waals surface area contributed by atoms with Crippen molar-refractivity contribution in [2.45, 2.75) is 44.9 Å². The van der Waals surface area contributed by atoms with Crippen LogP contribution in [-0.4, -0.2) is 34.3 Å². The van der Waals surface area contributed by atoms with Crippen molar-refractivity contribution < 1.29 is 19.5 Å². The molecule has 94 valence electrons. The number of hydrogen-bond acceptors (Lipinski definition) is 3. The molecule has 1 aliphatic carbocycles. The van der Waals surface area contributed by atoms with Crippen LogP contribution < -0.4 is 0 Å². The Morgan fingerprint density at radius 1 is 1.18 bits per heavy atom. The highest BCUT2D eigenvalue weighted by molar-refractivity contribution is 5.98. The Morgan fingerprint density at radius 2 is 1.71 bits per heavy atom. The highest BCUT2D eigenvalue weighted by Gasteiger charge is 2.44. The highest BCUT2D eigenvalue weighted by atomic mass is 16.4. The van der Waals surface area contributed by atoms with E-state index in [4.69, 9.17) is 5.11 Å². The largest absolute Gasteiger partial charge is 0.481 e. The Balaban J connectivity index is 2.01. The molecule has 5 heteroatoms. The molecule has 5 nitrogen and oxygen atoms in total. The van der Waals surface area contributed by atoms with E-state index in [0.717, 1.165) is 30.6 Å². The maximum absolute atomic E-state index is 11.9. The van der Waals surface area contributed by atoms with E-state index in [0.29, 0.717) is 12.8 Å². The first-order valence-electron chi connectivity index (χ1n) is 6.07. The van der Waals surface area contributed by atoms with Crippen molar-refractivity contribution in [3.63, 3.8) is 0 Å². The zero-order valence-corrected chi connectivity index (χ0v) is 9.78. The van der Waals surface area contributed by atoms with Crippen LogP contribution in [0.4, 0.5) is 0 Å². The van der Waals surface area contributed by atoms with Crippen molar-refractivity contribution in [3.05, 3.63) is 0 Å². The summed E-state index contributed by atoms with van der Waals surface area (Å²) in [5.41, 5.74) is -0.103. The Kier molecular flexibility index (Phi) is 3.17. The van der Waals surface area contributed by atoms with Gasteiger partial charge in [-0.2, -0.15) is 0 Å². The summed E-state index contributed by atoms with van der Waals surface area (Å²) in [7, 11) is 0. The van der Waals surface area contributed by atoms with Crippen molar-refractivity contribution in [2.24, 2.45) is 5.41 Å². The van der Waals surface area contributed by atoms with Gasteiger partial charge in [-0.25, -0.2) is 0 Å². The van der Waals surface area contributed by atoms with Gasteiger partial charge >= 0.3 is 5.97 Å². The van der Waals surface area contributed by atoms with Gasteiger partial charge in [0.15, 0.2) is 0 Å². The molecule has 1 N–H and O–H groups in total. The normalized spacial score (nSPS) is 23.4. The molecule has 1 spiro atoms. The van der Waals surface area contributed by atoms with E-state index in [1.807, 2.05) is 0 Å². The number of likely N-dealkylation sites (tertiary alicyclic amines) is 1. The van der Waals surface area contributed by atoms with E-state index < -0.39 is 5.97 Å². The van der Waals surface area contributed by atoms with Gasteiger partial charge in [-0.15, -0.1) is 0 Å². The summed E-state index contributed by atoms with van der Waals surface area (Å²) in [6, 6.07) is 0. The monoisotopic (exact) mass is 239 g/mol. The third-order valence-corrected chi connectivity index (χ3v) is 3.87. The van der Waals surface area contributed by atoms with Crippen LogP contribution in [0.1, 0.15) is 44.9 Å². The van der Waals surface area contributed by atoms with Gasteiger partial charge in [0.25, 0.3) is 0 Å². The summed E-state index contributed by atoms with van der Waals surface area (Å²) in [5, 5.41) is 8.57. The summed E-state index contributed by atoms with van der Waals surface area (Å²) in [5.74, 6) is -1.36. The van der Waals surface area contributed by atoms with Gasteiger partial charge in [-0.1, -0.05) is 12.8 Å². The summed E-state index contributed by atoms with van der Waals surface area (Å²) >= 11 is 0. The minimum absolute atomic E-state index is 0.0169. The zero-order valence-electron chi connectivity index (χ0n) is 9.78. The number of imide groups is 1. The SMILES string of the molecule is O=C(O)CCN1C(=O)CC2(CCCC2)CC1=O. The summed E-state index contributed by atoms with van der Waals surface area (Å²) in [6.07, 6.45) is 4.76. The third-order valence-electron chi connectivity index (χ3n) is 3.87. The Labute approximate surface area is 99.8 Å². The molecule has 0 bridgehead atoms. The number of carboxylic acid groups (broad SMARTS) is 1. The smallest absolute Gasteiger partial charge is 0.305 e. The van der Waals surface area contributed by atoms with Gasteiger partial charge in [-0.05, 0) is 18.3 Å². The van der Waals surface area contributed by atoms with E-state index in [1.54, 1.807) is 0 Å². The summed E-state index contributed by atoms with van der Waals surface area (Å²) in [6.45, 7) is 0.0169. The van der Waals surface area contributed by atoms with Crippen molar-refractivity contribution in [1.82, 2.24) is 4.90 Å². The number of aliphatic carboxylic acids is 1. The average Bonchev–Trinajstić information content (AvgIpc) is 2.64. The number of amides is 2. The molecule has 0 atom stereocenters. The minimum Gasteiger partial charge on any atom is -0.481 e. The first-order chi connectivity index (χ1) is 8.02. The Hall–Kier alpha value is -1.39. The molecular formula is C12H17NO4. The lowest BCUT2D eigenvalue weighted by atomic mass is 9.76. The molecule has 17 heavy (non-hydrogen) atoms. The fourth-order valence-corrected chi connectivity index (χ4v) is 2.97. The molecule has 0 aromatic rings. The molecule has 2 rings (SSSR count). The maximum atomic E-state index is 11.9. The Bertz CT molecular complexity index is 338. The predicted octanol–water partition coefficient (Wildman–Crippen LogP) is 1.17. The van der Waals surface area contributed by atoms with Crippen LogP contribution in [0.3, 0.4) is 0 Å². The van der Waals surface area contributed by atoms with Gasteiger partial charge in [0.1, 0.15) is 0 Å². The first kappa shape index (κ1) is 12.1. The van der Waals surface area contributed by atoms with E-state index in [1.165, 1.54) is 0 Å². The number of hydrogen-bond donors (Lipinski definition) is 1. The second kappa shape index (κ2) is 4.47. The average molecular weight is 239 g/mol. The molecule has 2 amide bonds. The van der Waals surface area contributed by atoms with E-state index in [9.17, 15) is 14.4 Å². The lowest BCUT2D eigenvalue weighted by Crippen LogP contribution is -2.47. The maximum Gasteiger partial charge on any atom is 0.305 e. The standard InChI is InChI=1S/C12H17NO4/c14-9-7-12(4-1-2-5-12)8-10(15)13(9)6-3-11(16)17/h1-8H2,(H,16,17). The lowest BCUT2D eigenvalue weighted by Gasteiger charge is -2.37. The molecule has 0 aromatic heterocycles. The fourth-order valence-electron chi connectivity index (χ4n) is 2.97. The van der Waals surface area contributed by atoms with E-state index in [2.05, 4.69) is 0 Å². The highest BCUT2D eigenvalue weighted by Crippen LogP contribution is 2.46. The number of carbonyl (C=O) groups is 3. The predicted molar refractivity (Wildman–Crippen MR) is 59.1 cm³/mol.